The number of nitrogens with two attached hydrogens (primary N) is 1. The first kappa shape index (κ1) is 12.8. The first-order chi connectivity index (χ1) is 9.15. The molecule has 3 rings (SSSR count). The maximum absolute atomic E-state index is 11.7. The number of amides is 1. The Morgan fingerprint density at radius 1 is 1.47 bits per heavy atom. The number of nitrogen functional groups attached to an aromatic ring is 1. The van der Waals surface area contributed by atoms with Crippen molar-refractivity contribution >= 4 is 23.2 Å². The van der Waals surface area contributed by atoms with E-state index in [0.29, 0.717) is 11.1 Å². The number of nitrogens with zero attached hydrogens (tertiary/aromatic N) is 1. The number of carbonyl (C=O) groups excluding carboxylic acids is 1. The SMILES string of the molecule is Nc1cc(Cl)ccc1CN1CCCC2C(=O)NCC21. The van der Waals surface area contributed by atoms with Crippen LogP contribution in [0.1, 0.15) is 18.4 Å². The molecule has 0 saturated carbocycles. The van der Waals surface area contributed by atoms with Gasteiger partial charge in [-0.2, -0.15) is 0 Å². The number of halogens is 1. The number of anilines is 1. The van der Waals surface area contributed by atoms with Crippen molar-refractivity contribution in [2.45, 2.75) is 25.4 Å². The van der Waals surface area contributed by atoms with E-state index in [1.807, 2.05) is 12.1 Å². The van der Waals surface area contributed by atoms with Gasteiger partial charge in [-0.05, 0) is 37.1 Å². The molecule has 2 heterocycles. The topological polar surface area (TPSA) is 58.4 Å². The van der Waals surface area contributed by atoms with Crippen LogP contribution in [0.2, 0.25) is 5.02 Å². The van der Waals surface area contributed by atoms with Crippen molar-refractivity contribution in [2.24, 2.45) is 5.92 Å². The number of piperidine rings is 1. The van der Waals surface area contributed by atoms with Crippen molar-refractivity contribution in [1.82, 2.24) is 10.2 Å². The lowest BCUT2D eigenvalue weighted by molar-refractivity contribution is -0.124. The second-order valence-corrected chi connectivity index (χ2v) is 5.81. The number of carbonyl (C=O) groups is 1. The molecule has 2 unspecified atom stereocenters. The summed E-state index contributed by atoms with van der Waals surface area (Å²) in [5.74, 6) is 0.362. The second-order valence-electron chi connectivity index (χ2n) is 5.37. The predicted molar refractivity (Wildman–Crippen MR) is 75.8 cm³/mol. The number of benzene rings is 1. The van der Waals surface area contributed by atoms with Crippen LogP contribution in [0.5, 0.6) is 0 Å². The summed E-state index contributed by atoms with van der Waals surface area (Å²) < 4.78 is 0. The van der Waals surface area contributed by atoms with Gasteiger partial charge in [0.05, 0.1) is 5.92 Å². The average molecular weight is 280 g/mol. The molecular formula is C14H18ClN3O. The van der Waals surface area contributed by atoms with Gasteiger partial charge >= 0.3 is 0 Å². The summed E-state index contributed by atoms with van der Waals surface area (Å²) in [6, 6.07) is 5.95. The third-order valence-corrected chi connectivity index (χ3v) is 4.43. The van der Waals surface area contributed by atoms with Gasteiger partial charge in [0.15, 0.2) is 0 Å². The van der Waals surface area contributed by atoms with Gasteiger partial charge in [0.25, 0.3) is 0 Å². The lowest BCUT2D eigenvalue weighted by Crippen LogP contribution is -2.44. The smallest absolute Gasteiger partial charge is 0.224 e. The fraction of sp³-hybridized carbons (Fsp3) is 0.500. The Morgan fingerprint density at radius 3 is 3.11 bits per heavy atom. The van der Waals surface area contributed by atoms with E-state index in [0.717, 1.165) is 43.7 Å². The lowest BCUT2D eigenvalue weighted by Gasteiger charge is -2.36. The van der Waals surface area contributed by atoms with E-state index in [1.54, 1.807) is 6.07 Å². The van der Waals surface area contributed by atoms with Crippen LogP contribution in [0.3, 0.4) is 0 Å². The molecule has 0 bridgehead atoms. The van der Waals surface area contributed by atoms with Crippen LogP contribution in [0.4, 0.5) is 5.69 Å². The Morgan fingerprint density at radius 2 is 2.32 bits per heavy atom. The first-order valence-electron chi connectivity index (χ1n) is 6.71. The van der Waals surface area contributed by atoms with Crippen LogP contribution in [-0.2, 0) is 11.3 Å². The minimum atomic E-state index is 0.155. The third kappa shape index (κ3) is 2.42. The molecule has 0 spiro atoms. The van der Waals surface area contributed by atoms with Crippen LogP contribution < -0.4 is 11.1 Å². The van der Waals surface area contributed by atoms with Gasteiger partial charge in [0.1, 0.15) is 0 Å². The highest BCUT2D eigenvalue weighted by Crippen LogP contribution is 2.29. The molecule has 3 N–H and O–H groups in total. The molecule has 2 saturated heterocycles. The molecule has 1 aromatic carbocycles. The Bertz CT molecular complexity index is 505. The fourth-order valence-electron chi connectivity index (χ4n) is 3.17. The summed E-state index contributed by atoms with van der Waals surface area (Å²) >= 11 is 5.92. The van der Waals surface area contributed by atoms with Crippen LogP contribution in [0.25, 0.3) is 0 Å². The molecule has 19 heavy (non-hydrogen) atoms. The van der Waals surface area contributed by atoms with Crippen LogP contribution in [-0.4, -0.2) is 29.9 Å². The highest BCUT2D eigenvalue weighted by Gasteiger charge is 2.40. The Balaban J connectivity index is 1.77. The molecule has 5 heteroatoms. The quantitative estimate of drug-likeness (QED) is 0.809. The van der Waals surface area contributed by atoms with E-state index in [1.165, 1.54) is 0 Å². The maximum Gasteiger partial charge on any atom is 0.224 e. The highest BCUT2D eigenvalue weighted by atomic mass is 35.5. The minimum Gasteiger partial charge on any atom is -0.398 e. The van der Waals surface area contributed by atoms with E-state index in [4.69, 9.17) is 17.3 Å². The fourth-order valence-corrected chi connectivity index (χ4v) is 3.35. The van der Waals surface area contributed by atoms with Crippen molar-refractivity contribution < 1.29 is 4.79 Å². The Kier molecular flexibility index (Phi) is 3.37. The zero-order valence-electron chi connectivity index (χ0n) is 10.7. The van der Waals surface area contributed by atoms with Gasteiger partial charge in [0.2, 0.25) is 5.91 Å². The molecule has 0 aromatic heterocycles. The van der Waals surface area contributed by atoms with Gasteiger partial charge in [-0.1, -0.05) is 17.7 Å². The molecule has 4 nitrogen and oxygen atoms in total. The van der Waals surface area contributed by atoms with Crippen molar-refractivity contribution in [1.29, 1.82) is 0 Å². The molecule has 2 aliphatic heterocycles. The van der Waals surface area contributed by atoms with Crippen molar-refractivity contribution in [3.63, 3.8) is 0 Å². The van der Waals surface area contributed by atoms with Crippen LogP contribution in [0.15, 0.2) is 18.2 Å². The average Bonchev–Trinajstić information content (AvgIpc) is 2.76. The van der Waals surface area contributed by atoms with Crippen LogP contribution >= 0.6 is 11.6 Å². The molecule has 0 radical (unpaired) electrons. The Hall–Kier alpha value is -1.26. The zero-order chi connectivity index (χ0) is 13.4. The largest absolute Gasteiger partial charge is 0.398 e. The van der Waals surface area contributed by atoms with E-state index in [2.05, 4.69) is 10.2 Å². The molecule has 2 atom stereocenters. The summed E-state index contributed by atoms with van der Waals surface area (Å²) in [6.45, 7) is 2.58. The highest BCUT2D eigenvalue weighted by molar-refractivity contribution is 6.30. The maximum atomic E-state index is 11.7. The summed E-state index contributed by atoms with van der Waals surface area (Å²) in [7, 11) is 0. The molecule has 102 valence electrons. The summed E-state index contributed by atoms with van der Waals surface area (Å²) in [5, 5.41) is 3.63. The number of rotatable bonds is 2. The van der Waals surface area contributed by atoms with Gasteiger partial charge in [-0.25, -0.2) is 0 Å². The van der Waals surface area contributed by atoms with Crippen molar-refractivity contribution in [2.75, 3.05) is 18.8 Å². The third-order valence-electron chi connectivity index (χ3n) is 4.20. The number of fused-ring (bicyclic) bond motifs is 1. The van der Waals surface area contributed by atoms with Crippen molar-refractivity contribution in [3.05, 3.63) is 28.8 Å². The van der Waals surface area contributed by atoms with E-state index < -0.39 is 0 Å². The molecule has 0 aliphatic carbocycles. The standard InChI is InChI=1S/C14H18ClN3O/c15-10-4-3-9(12(16)6-10)8-18-5-1-2-11-13(18)7-17-14(11)19/h3-4,6,11,13H,1-2,5,7-8,16H2,(H,17,19). The molecular weight excluding hydrogens is 262 g/mol. The molecule has 2 aliphatic rings. The van der Waals surface area contributed by atoms with E-state index in [9.17, 15) is 4.79 Å². The summed E-state index contributed by atoms with van der Waals surface area (Å²) in [5.41, 5.74) is 7.83. The lowest BCUT2D eigenvalue weighted by atomic mass is 9.91. The number of nitrogens with one attached hydrogen (secondary N) is 1. The number of likely N-dealkylation sites (tertiary alicyclic amines) is 1. The van der Waals surface area contributed by atoms with Gasteiger partial charge in [-0.3, -0.25) is 9.69 Å². The molecule has 1 amide bonds. The number of hydrogen-bond donors (Lipinski definition) is 2. The molecule has 2 fully saturated rings. The van der Waals surface area contributed by atoms with Gasteiger partial charge in [-0.15, -0.1) is 0 Å². The molecule has 1 aromatic rings. The predicted octanol–water partition coefficient (Wildman–Crippen LogP) is 1.63. The van der Waals surface area contributed by atoms with Crippen LogP contribution in [0, 0.1) is 5.92 Å². The zero-order valence-corrected chi connectivity index (χ0v) is 11.5. The normalized spacial score (nSPS) is 27.1. The number of hydrogen-bond acceptors (Lipinski definition) is 3. The van der Waals surface area contributed by atoms with E-state index >= 15 is 0 Å². The summed E-state index contributed by atoms with van der Waals surface area (Å²) in [6.07, 6.45) is 2.07. The van der Waals surface area contributed by atoms with E-state index in [-0.39, 0.29) is 11.8 Å². The monoisotopic (exact) mass is 279 g/mol. The summed E-state index contributed by atoms with van der Waals surface area (Å²) in [4.78, 5) is 14.1. The Labute approximate surface area is 117 Å². The van der Waals surface area contributed by atoms with Gasteiger partial charge in [0, 0.05) is 29.8 Å². The van der Waals surface area contributed by atoms with Gasteiger partial charge < -0.3 is 11.1 Å². The minimum absolute atomic E-state index is 0.155. The second kappa shape index (κ2) is 5.02. The van der Waals surface area contributed by atoms with Crippen molar-refractivity contribution in [3.8, 4) is 0 Å². The first-order valence-corrected chi connectivity index (χ1v) is 7.08.